The first-order valence-electron chi connectivity index (χ1n) is 11.5. The Morgan fingerprint density at radius 1 is 1.06 bits per heavy atom. The Morgan fingerprint density at radius 2 is 1.89 bits per heavy atom. The molecule has 1 atom stereocenters. The molecule has 1 saturated heterocycles. The highest BCUT2D eigenvalue weighted by Gasteiger charge is 2.23. The Hall–Kier alpha value is -3.99. The number of nitrogen functional groups attached to an aromatic ring is 1. The number of piperazine rings is 1. The predicted molar refractivity (Wildman–Crippen MR) is 128 cm³/mol. The summed E-state index contributed by atoms with van der Waals surface area (Å²) in [5.41, 5.74) is 8.04. The van der Waals surface area contributed by atoms with Gasteiger partial charge in [0.2, 0.25) is 11.8 Å². The smallest absolute Gasteiger partial charge is 0.225 e. The maximum Gasteiger partial charge on any atom is 0.225 e. The van der Waals surface area contributed by atoms with Crippen molar-refractivity contribution in [1.29, 1.82) is 0 Å². The molecule has 1 aliphatic heterocycles. The first kappa shape index (κ1) is 21.5. The van der Waals surface area contributed by atoms with Gasteiger partial charge in [-0.15, -0.1) is 5.10 Å². The van der Waals surface area contributed by atoms with Crippen molar-refractivity contribution in [3.05, 3.63) is 60.5 Å². The zero-order chi connectivity index (χ0) is 24.1. The monoisotopic (exact) mass is 478 g/mol. The topological polar surface area (TPSA) is 93.7 Å². The number of anilines is 2. The highest BCUT2D eigenvalue weighted by atomic mass is 19.1. The predicted octanol–water partition coefficient (Wildman–Crippen LogP) is 3.58. The lowest BCUT2D eigenvalue weighted by Crippen LogP contribution is -2.48. The van der Waals surface area contributed by atoms with E-state index in [0.29, 0.717) is 36.0 Å². The van der Waals surface area contributed by atoms with E-state index in [9.17, 15) is 8.78 Å². The number of fused-ring (bicyclic) bond motifs is 3. The van der Waals surface area contributed by atoms with E-state index >= 15 is 0 Å². The minimum atomic E-state index is -0.562. The van der Waals surface area contributed by atoms with E-state index in [2.05, 4.69) is 31.5 Å². The fourth-order valence-electron chi connectivity index (χ4n) is 4.77. The van der Waals surface area contributed by atoms with Crippen LogP contribution < -0.4 is 10.6 Å². The van der Waals surface area contributed by atoms with Crippen molar-refractivity contribution < 1.29 is 13.2 Å². The SMILES string of the molecule is CC(CN1CCN(c2ccc(F)cc2F)CC1)n1ccc2c1nc(N)n1nc(-c3ccco3)nc21. The molecule has 9 nitrogen and oxygen atoms in total. The van der Waals surface area contributed by atoms with Crippen molar-refractivity contribution >= 4 is 28.3 Å². The van der Waals surface area contributed by atoms with Crippen LogP contribution in [0, 0.1) is 11.6 Å². The van der Waals surface area contributed by atoms with Gasteiger partial charge < -0.3 is 19.6 Å². The number of nitrogens with two attached hydrogens (primary N) is 1. The fraction of sp³-hybridized carbons (Fsp3) is 0.292. The maximum atomic E-state index is 14.2. The largest absolute Gasteiger partial charge is 0.461 e. The lowest BCUT2D eigenvalue weighted by Gasteiger charge is -2.37. The average Bonchev–Trinajstić information content (AvgIpc) is 3.59. The molecule has 6 rings (SSSR count). The Labute approximate surface area is 199 Å². The third kappa shape index (κ3) is 3.77. The number of hydrogen-bond acceptors (Lipinski definition) is 7. The van der Waals surface area contributed by atoms with Crippen molar-refractivity contribution in [3.63, 3.8) is 0 Å². The number of rotatable bonds is 5. The van der Waals surface area contributed by atoms with E-state index in [1.54, 1.807) is 18.4 Å². The van der Waals surface area contributed by atoms with Gasteiger partial charge in [-0.05, 0) is 37.3 Å². The normalized spacial score (nSPS) is 15.9. The van der Waals surface area contributed by atoms with Crippen LogP contribution in [0.25, 0.3) is 28.3 Å². The molecule has 5 aromatic rings. The van der Waals surface area contributed by atoms with Gasteiger partial charge in [-0.1, -0.05) is 0 Å². The summed E-state index contributed by atoms with van der Waals surface area (Å²) in [6, 6.07) is 9.41. The molecule has 0 saturated carbocycles. The number of halogens is 2. The number of benzene rings is 1. The fourth-order valence-corrected chi connectivity index (χ4v) is 4.77. The zero-order valence-corrected chi connectivity index (χ0v) is 19.1. The molecule has 1 fully saturated rings. The molecular formula is C24H24F2N8O. The molecule has 35 heavy (non-hydrogen) atoms. The Balaban J connectivity index is 1.20. The second-order valence-corrected chi connectivity index (χ2v) is 8.81. The van der Waals surface area contributed by atoms with Gasteiger partial charge in [-0.2, -0.15) is 9.50 Å². The van der Waals surface area contributed by atoms with Crippen LogP contribution >= 0.6 is 0 Å². The van der Waals surface area contributed by atoms with Gasteiger partial charge in [0, 0.05) is 51.0 Å². The van der Waals surface area contributed by atoms with Gasteiger partial charge in [0.1, 0.15) is 17.3 Å². The molecule has 180 valence electrons. The minimum absolute atomic E-state index is 0.114. The molecule has 1 unspecified atom stereocenters. The third-order valence-electron chi connectivity index (χ3n) is 6.53. The molecule has 0 aliphatic carbocycles. The molecule has 4 aromatic heterocycles. The molecule has 0 spiro atoms. The molecule has 0 amide bonds. The van der Waals surface area contributed by atoms with Crippen molar-refractivity contribution in [1.82, 2.24) is 29.0 Å². The molecule has 11 heteroatoms. The van der Waals surface area contributed by atoms with E-state index < -0.39 is 11.6 Å². The van der Waals surface area contributed by atoms with Crippen LogP contribution in [0.5, 0.6) is 0 Å². The number of nitrogens with zero attached hydrogens (tertiary/aromatic N) is 7. The summed E-state index contributed by atoms with van der Waals surface area (Å²) in [7, 11) is 0. The lowest BCUT2D eigenvalue weighted by molar-refractivity contribution is 0.227. The quantitative estimate of drug-likeness (QED) is 0.413. The summed E-state index contributed by atoms with van der Waals surface area (Å²) in [6.07, 6.45) is 3.57. The van der Waals surface area contributed by atoms with Crippen molar-refractivity contribution in [2.45, 2.75) is 13.0 Å². The minimum Gasteiger partial charge on any atom is -0.461 e. The molecule has 1 aliphatic rings. The third-order valence-corrected chi connectivity index (χ3v) is 6.53. The molecule has 1 aromatic carbocycles. The van der Waals surface area contributed by atoms with Gasteiger partial charge in [-0.3, -0.25) is 4.90 Å². The van der Waals surface area contributed by atoms with Crippen LogP contribution in [0.3, 0.4) is 0 Å². The number of hydrogen-bond donors (Lipinski definition) is 1. The number of furan rings is 1. The maximum absolute atomic E-state index is 14.2. The summed E-state index contributed by atoms with van der Waals surface area (Å²) in [6.45, 7) is 5.81. The van der Waals surface area contributed by atoms with Crippen molar-refractivity contribution in [2.75, 3.05) is 43.4 Å². The highest BCUT2D eigenvalue weighted by Crippen LogP contribution is 2.27. The van der Waals surface area contributed by atoms with Crippen LogP contribution in [-0.2, 0) is 0 Å². The van der Waals surface area contributed by atoms with Crippen LogP contribution in [-0.4, -0.2) is 61.8 Å². The van der Waals surface area contributed by atoms with Gasteiger partial charge in [0.25, 0.3) is 0 Å². The van der Waals surface area contributed by atoms with Crippen LogP contribution in [0.2, 0.25) is 0 Å². The van der Waals surface area contributed by atoms with E-state index in [4.69, 9.17) is 10.2 Å². The highest BCUT2D eigenvalue weighted by molar-refractivity contribution is 5.91. The first-order valence-corrected chi connectivity index (χ1v) is 11.5. The van der Waals surface area contributed by atoms with Crippen molar-refractivity contribution in [3.8, 4) is 11.6 Å². The molecule has 2 N–H and O–H groups in total. The van der Waals surface area contributed by atoms with E-state index in [1.165, 1.54) is 16.6 Å². The summed E-state index contributed by atoms with van der Waals surface area (Å²) < 4.78 is 36.5. The molecule has 0 bridgehead atoms. The summed E-state index contributed by atoms with van der Waals surface area (Å²) >= 11 is 0. The van der Waals surface area contributed by atoms with Crippen molar-refractivity contribution in [2.24, 2.45) is 0 Å². The van der Waals surface area contributed by atoms with Crippen LogP contribution in [0.4, 0.5) is 20.4 Å². The average molecular weight is 479 g/mol. The van der Waals surface area contributed by atoms with E-state index in [0.717, 1.165) is 36.7 Å². The van der Waals surface area contributed by atoms with E-state index in [1.807, 2.05) is 17.2 Å². The lowest BCUT2D eigenvalue weighted by atomic mass is 10.2. The van der Waals surface area contributed by atoms with Crippen LogP contribution in [0.1, 0.15) is 13.0 Å². The zero-order valence-electron chi connectivity index (χ0n) is 19.1. The number of aromatic nitrogens is 5. The van der Waals surface area contributed by atoms with Gasteiger partial charge in [-0.25, -0.2) is 13.8 Å². The molecule has 5 heterocycles. The Morgan fingerprint density at radius 3 is 2.63 bits per heavy atom. The molecular weight excluding hydrogens is 454 g/mol. The Bertz CT molecular complexity index is 1500. The standard InChI is InChI=1S/C24H24F2N8O/c1-15(14-31-8-10-32(11-9-31)19-5-4-16(25)13-18(19)26)33-7-6-17-22(33)29-24(27)34-23(17)28-21(30-34)20-3-2-12-35-20/h2-7,12-13,15H,8-11,14H2,1H3,(H2,27,29). The second-order valence-electron chi connectivity index (χ2n) is 8.81. The summed E-state index contributed by atoms with van der Waals surface area (Å²) in [4.78, 5) is 13.5. The van der Waals surface area contributed by atoms with Gasteiger partial charge in [0.15, 0.2) is 11.4 Å². The van der Waals surface area contributed by atoms with E-state index in [-0.39, 0.29) is 12.0 Å². The van der Waals surface area contributed by atoms with Gasteiger partial charge in [0.05, 0.1) is 17.3 Å². The second kappa shape index (κ2) is 8.35. The summed E-state index contributed by atoms with van der Waals surface area (Å²) in [5.74, 6) is 0.178. The first-order chi connectivity index (χ1) is 17.0. The molecule has 0 radical (unpaired) electrons. The summed E-state index contributed by atoms with van der Waals surface area (Å²) in [5, 5.41) is 5.30. The van der Waals surface area contributed by atoms with Crippen LogP contribution in [0.15, 0.2) is 53.3 Å². The van der Waals surface area contributed by atoms with Gasteiger partial charge >= 0.3 is 0 Å². The Kier molecular flexibility index (Phi) is 5.14.